The van der Waals surface area contributed by atoms with Gasteiger partial charge in [-0.2, -0.15) is 25.3 Å². The second-order valence-electron chi connectivity index (χ2n) is 0.298. The molecule has 0 aromatic rings. The first kappa shape index (κ1) is 9.33. The normalized spacial score (nSPS) is 7.60. The van der Waals surface area contributed by atoms with Crippen molar-refractivity contribution >= 4 is 25.3 Å². The van der Waals surface area contributed by atoms with Crippen LogP contribution in [0.5, 0.6) is 0 Å². The smallest absolute Gasteiger partial charge is 0.151 e. The number of hydrogen-bond acceptors (Lipinski definition) is 2. The Kier molecular flexibility index (Phi) is 16.6. The van der Waals surface area contributed by atoms with Crippen molar-refractivity contribution in [3.8, 4) is 0 Å². The first-order chi connectivity index (χ1) is 1.91. The summed E-state index contributed by atoms with van der Waals surface area (Å²) in [6.45, 7) is 0. The molecule has 0 nitrogen and oxygen atoms in total. The summed E-state index contributed by atoms with van der Waals surface area (Å²) >= 11 is 7.33. The van der Waals surface area contributed by atoms with Gasteiger partial charge in [-0.1, -0.05) is 0 Å². The van der Waals surface area contributed by atoms with Gasteiger partial charge in [0.1, 0.15) is 0 Å². The van der Waals surface area contributed by atoms with E-state index in [1.807, 2.05) is 0 Å². The van der Waals surface area contributed by atoms with E-state index < -0.39 is 0 Å². The predicted octanol–water partition coefficient (Wildman–Crippen LogP) is 1.31. The minimum absolute atomic E-state index is 0. The molecule has 0 fully saturated rings. The maximum absolute atomic E-state index is 3.66. The van der Waals surface area contributed by atoms with Gasteiger partial charge in [-0.15, -0.1) is 0 Å². The Morgan fingerprint density at radius 2 is 1.20 bits per heavy atom. The summed E-state index contributed by atoms with van der Waals surface area (Å²) in [4.78, 5) is 0. The Balaban J connectivity index is 0. The monoisotopic (exact) mass is 150 g/mol. The van der Waals surface area contributed by atoms with Crippen molar-refractivity contribution in [1.29, 1.82) is 0 Å². The quantitative estimate of drug-likeness (QED) is 0.378. The van der Waals surface area contributed by atoms with E-state index in [1.54, 1.807) is 10.8 Å². The van der Waals surface area contributed by atoms with Crippen molar-refractivity contribution < 1.29 is 16.5 Å². The molecule has 0 aromatic heterocycles. The number of rotatable bonds is 0. The molecule has 0 aromatic carbocycles. The molecule has 5 heavy (non-hydrogen) atoms. The second-order valence-corrected chi connectivity index (χ2v) is 0.894. The van der Waals surface area contributed by atoms with Gasteiger partial charge >= 0.3 is 16.5 Å². The molecule has 0 N–H and O–H groups in total. The van der Waals surface area contributed by atoms with E-state index in [2.05, 4.69) is 25.3 Å². The molecule has 0 bridgehead atoms. The summed E-state index contributed by atoms with van der Waals surface area (Å²) in [6.07, 6.45) is 0. The van der Waals surface area contributed by atoms with Crippen molar-refractivity contribution in [3.05, 3.63) is 10.8 Å². The zero-order chi connectivity index (χ0) is 3.41. The molecule has 0 saturated heterocycles. The average Bonchev–Trinajstić information content (AvgIpc) is 1.37. The van der Waals surface area contributed by atoms with Crippen LogP contribution >= 0.6 is 25.3 Å². The topological polar surface area (TPSA) is 0 Å². The number of hydrogen-bond donors (Lipinski definition) is 2. The largest absolute Gasteiger partial charge is 2.00 e. The molecule has 0 amide bonds. The molecule has 0 aliphatic carbocycles. The van der Waals surface area contributed by atoms with E-state index in [0.29, 0.717) is 0 Å². The van der Waals surface area contributed by atoms with Gasteiger partial charge in [0, 0.05) is 0 Å². The molecule has 32 valence electrons. The molecule has 0 rings (SSSR count). The molecule has 3 heteroatoms. The molecule has 0 atom stereocenters. The minimum Gasteiger partial charge on any atom is -0.151 e. The van der Waals surface area contributed by atoms with Gasteiger partial charge < -0.3 is 0 Å². The van der Waals surface area contributed by atoms with Crippen LogP contribution in [0.2, 0.25) is 0 Å². The predicted molar refractivity (Wildman–Crippen MR) is 27.1 cm³/mol. The fourth-order valence-corrected chi connectivity index (χ4v) is 0. The van der Waals surface area contributed by atoms with E-state index in [9.17, 15) is 0 Å². The van der Waals surface area contributed by atoms with Crippen molar-refractivity contribution in [2.24, 2.45) is 0 Å². The van der Waals surface area contributed by atoms with Crippen molar-refractivity contribution in [2.75, 3.05) is 0 Å². The Hall–Kier alpha value is 0.934. The fraction of sp³-hybridized carbons (Fsp3) is 0. The zero-order valence-electron chi connectivity index (χ0n) is 2.37. The van der Waals surface area contributed by atoms with Crippen LogP contribution in [0, 0.1) is 0 Å². The Morgan fingerprint density at radius 3 is 1.20 bits per heavy atom. The summed E-state index contributed by atoms with van der Waals surface area (Å²) < 4.78 is 0. The van der Waals surface area contributed by atoms with Gasteiger partial charge in [-0.3, -0.25) is 0 Å². The Labute approximate surface area is 52.8 Å². The van der Waals surface area contributed by atoms with Crippen LogP contribution in [0.1, 0.15) is 0 Å². The zero-order valence-corrected chi connectivity index (χ0v) is 5.14. The van der Waals surface area contributed by atoms with Crippen LogP contribution in [0.3, 0.4) is 0 Å². The van der Waals surface area contributed by atoms with Crippen molar-refractivity contribution in [3.63, 3.8) is 0 Å². The fourth-order valence-electron chi connectivity index (χ4n) is 0. The van der Waals surface area contributed by atoms with E-state index in [-0.39, 0.29) is 16.5 Å². The SMILES string of the molecule is S/C=C/S.[Ni+2]. The van der Waals surface area contributed by atoms with Gasteiger partial charge in [-0.25, -0.2) is 0 Å². The van der Waals surface area contributed by atoms with Gasteiger partial charge in [0.2, 0.25) is 0 Å². The second kappa shape index (κ2) is 8.87. The Morgan fingerprint density at radius 1 is 1.00 bits per heavy atom. The van der Waals surface area contributed by atoms with E-state index in [4.69, 9.17) is 0 Å². The summed E-state index contributed by atoms with van der Waals surface area (Å²) in [5.41, 5.74) is 0. The first-order valence-electron chi connectivity index (χ1n) is 0.850. The van der Waals surface area contributed by atoms with Crippen LogP contribution in [0.4, 0.5) is 0 Å². The van der Waals surface area contributed by atoms with Gasteiger partial charge in [0.05, 0.1) is 0 Å². The van der Waals surface area contributed by atoms with Gasteiger partial charge in [0.25, 0.3) is 0 Å². The molecule has 0 aliphatic rings. The van der Waals surface area contributed by atoms with Crippen molar-refractivity contribution in [2.45, 2.75) is 0 Å². The third-order valence-electron chi connectivity index (χ3n) is 0.0667. The van der Waals surface area contributed by atoms with E-state index >= 15 is 0 Å². The van der Waals surface area contributed by atoms with Crippen LogP contribution in [0.15, 0.2) is 10.8 Å². The molecule has 0 unspecified atom stereocenters. The van der Waals surface area contributed by atoms with Gasteiger partial charge in [0.15, 0.2) is 0 Å². The van der Waals surface area contributed by atoms with Crippen LogP contribution in [-0.4, -0.2) is 0 Å². The molecule has 0 spiro atoms. The summed E-state index contributed by atoms with van der Waals surface area (Å²) in [5, 5.41) is 3.12. The third-order valence-corrected chi connectivity index (χ3v) is 0.600. The summed E-state index contributed by atoms with van der Waals surface area (Å²) in [7, 11) is 0. The minimum atomic E-state index is 0. The number of thiol groups is 2. The molecule has 0 radical (unpaired) electrons. The molecule has 0 aliphatic heterocycles. The molecular formula is C2H4NiS2+2. The van der Waals surface area contributed by atoms with Crippen LogP contribution in [-0.2, 0) is 16.5 Å². The third kappa shape index (κ3) is 11.4. The summed E-state index contributed by atoms with van der Waals surface area (Å²) in [6, 6.07) is 0. The van der Waals surface area contributed by atoms with Gasteiger partial charge in [-0.05, 0) is 10.8 Å². The molecule has 0 heterocycles. The first-order valence-corrected chi connectivity index (χ1v) is 1.88. The standard InChI is InChI=1S/C2H4S2.Ni/c3-1-2-4;/h1-4H;/q;+2/b2-1+;. The average molecular weight is 151 g/mol. The van der Waals surface area contributed by atoms with Crippen LogP contribution in [0.25, 0.3) is 0 Å². The Bertz CT molecular complexity index is 22.8. The van der Waals surface area contributed by atoms with E-state index in [1.165, 1.54) is 0 Å². The summed E-state index contributed by atoms with van der Waals surface area (Å²) in [5.74, 6) is 0. The van der Waals surface area contributed by atoms with E-state index in [0.717, 1.165) is 0 Å². The van der Waals surface area contributed by atoms with Crippen molar-refractivity contribution in [1.82, 2.24) is 0 Å². The maximum atomic E-state index is 3.66. The molecule has 0 saturated carbocycles. The van der Waals surface area contributed by atoms with Crippen LogP contribution < -0.4 is 0 Å². The molecular weight excluding hydrogens is 147 g/mol. The maximum Gasteiger partial charge on any atom is 2.00 e.